The number of fused-ring (bicyclic) bond motifs is 1. The summed E-state index contributed by atoms with van der Waals surface area (Å²) in [5, 5.41) is 3.16. The summed E-state index contributed by atoms with van der Waals surface area (Å²) >= 11 is 0. The van der Waals surface area contributed by atoms with Crippen LogP contribution < -0.4 is 11.1 Å². The minimum Gasteiger partial charge on any atom is -0.408 e. The van der Waals surface area contributed by atoms with Crippen LogP contribution in [0.15, 0.2) is 32.3 Å². The van der Waals surface area contributed by atoms with E-state index in [2.05, 4.69) is 5.32 Å². The molecule has 1 fully saturated rings. The summed E-state index contributed by atoms with van der Waals surface area (Å²) in [6.07, 6.45) is 0. The molecule has 1 aliphatic heterocycles. The SMILES string of the molecule is C[C@H]1CNCCN1S(=O)(=O)c1ccc2oc(=O)n(C)c2c1. The van der Waals surface area contributed by atoms with E-state index >= 15 is 0 Å². The normalized spacial score (nSPS) is 21.0. The molecule has 1 N–H and O–H groups in total. The molecule has 1 aliphatic rings. The Morgan fingerprint density at radius 3 is 2.86 bits per heavy atom. The summed E-state index contributed by atoms with van der Waals surface area (Å²) in [5.74, 6) is -0.505. The van der Waals surface area contributed by atoms with Gasteiger partial charge in [-0.15, -0.1) is 0 Å². The molecular formula is C13H17N3O4S. The van der Waals surface area contributed by atoms with Gasteiger partial charge in [-0.1, -0.05) is 0 Å². The zero-order valence-corrected chi connectivity index (χ0v) is 12.7. The molecule has 0 saturated carbocycles. The number of sulfonamides is 1. The highest BCUT2D eigenvalue weighted by Crippen LogP contribution is 2.23. The number of rotatable bonds is 2. The summed E-state index contributed by atoms with van der Waals surface area (Å²) in [6.45, 7) is 3.57. The van der Waals surface area contributed by atoms with Crippen molar-refractivity contribution in [1.82, 2.24) is 14.2 Å². The van der Waals surface area contributed by atoms with E-state index in [4.69, 9.17) is 4.42 Å². The molecule has 114 valence electrons. The fraction of sp³-hybridized carbons (Fsp3) is 0.462. The first kappa shape index (κ1) is 14.3. The summed E-state index contributed by atoms with van der Waals surface area (Å²) in [6, 6.07) is 4.39. The fourth-order valence-corrected chi connectivity index (χ4v) is 4.23. The average Bonchev–Trinajstić information content (AvgIpc) is 2.74. The van der Waals surface area contributed by atoms with Crippen LogP contribution in [0.4, 0.5) is 0 Å². The predicted molar refractivity (Wildman–Crippen MR) is 77.7 cm³/mol. The van der Waals surface area contributed by atoms with E-state index < -0.39 is 15.8 Å². The molecule has 7 nitrogen and oxygen atoms in total. The van der Waals surface area contributed by atoms with Crippen LogP contribution in [0.1, 0.15) is 6.92 Å². The van der Waals surface area contributed by atoms with E-state index in [0.29, 0.717) is 30.7 Å². The topological polar surface area (TPSA) is 84.6 Å². The number of hydrogen-bond donors (Lipinski definition) is 1. The standard InChI is InChI=1S/C13H17N3O4S/c1-9-8-14-5-6-16(9)21(18,19)10-3-4-12-11(7-10)15(2)13(17)20-12/h3-4,7,9,14H,5-6,8H2,1-2H3/t9-/m0/s1. The monoisotopic (exact) mass is 311 g/mol. The lowest BCUT2D eigenvalue weighted by Gasteiger charge is -2.32. The van der Waals surface area contributed by atoms with Crippen LogP contribution in [0.2, 0.25) is 0 Å². The van der Waals surface area contributed by atoms with Crippen molar-refractivity contribution in [2.75, 3.05) is 19.6 Å². The molecule has 0 amide bonds. The molecular weight excluding hydrogens is 294 g/mol. The van der Waals surface area contributed by atoms with Crippen molar-refractivity contribution in [2.24, 2.45) is 7.05 Å². The van der Waals surface area contributed by atoms with Crippen molar-refractivity contribution in [2.45, 2.75) is 17.9 Å². The maximum absolute atomic E-state index is 12.7. The minimum absolute atomic E-state index is 0.104. The number of nitrogens with zero attached hydrogens (tertiary/aromatic N) is 2. The van der Waals surface area contributed by atoms with Crippen LogP contribution in [-0.4, -0.2) is 43.0 Å². The van der Waals surface area contributed by atoms with Gasteiger partial charge < -0.3 is 9.73 Å². The highest BCUT2D eigenvalue weighted by molar-refractivity contribution is 7.89. The number of nitrogens with one attached hydrogen (secondary N) is 1. The van der Waals surface area contributed by atoms with Gasteiger partial charge in [0.2, 0.25) is 10.0 Å². The Hall–Kier alpha value is -1.64. The van der Waals surface area contributed by atoms with Crippen LogP contribution >= 0.6 is 0 Å². The maximum Gasteiger partial charge on any atom is 0.419 e. The lowest BCUT2D eigenvalue weighted by Crippen LogP contribution is -2.52. The van der Waals surface area contributed by atoms with Gasteiger partial charge >= 0.3 is 5.76 Å². The summed E-state index contributed by atoms with van der Waals surface area (Å²) in [5.41, 5.74) is 0.860. The van der Waals surface area contributed by atoms with Gasteiger partial charge in [0.25, 0.3) is 0 Å². The van der Waals surface area contributed by atoms with Crippen molar-refractivity contribution >= 4 is 21.1 Å². The van der Waals surface area contributed by atoms with E-state index in [1.807, 2.05) is 6.92 Å². The lowest BCUT2D eigenvalue weighted by atomic mass is 10.3. The van der Waals surface area contributed by atoms with Gasteiger partial charge in [-0.2, -0.15) is 4.31 Å². The Labute approximate surface area is 122 Å². The highest BCUT2D eigenvalue weighted by Gasteiger charge is 2.31. The number of aryl methyl sites for hydroxylation is 1. The summed E-state index contributed by atoms with van der Waals surface area (Å²) in [7, 11) is -2.02. The maximum atomic E-state index is 12.7. The Bertz CT molecular complexity index is 837. The van der Waals surface area contributed by atoms with E-state index in [1.165, 1.54) is 27.1 Å². The number of piperazine rings is 1. The van der Waals surface area contributed by atoms with E-state index in [0.717, 1.165) is 0 Å². The van der Waals surface area contributed by atoms with Crippen LogP contribution in [0.25, 0.3) is 11.1 Å². The summed E-state index contributed by atoms with van der Waals surface area (Å²) < 4.78 is 33.3. The molecule has 0 spiro atoms. The first-order valence-electron chi connectivity index (χ1n) is 6.73. The lowest BCUT2D eigenvalue weighted by molar-refractivity contribution is 0.284. The minimum atomic E-state index is -3.57. The van der Waals surface area contributed by atoms with Crippen molar-refractivity contribution in [1.29, 1.82) is 0 Å². The number of hydrogen-bond acceptors (Lipinski definition) is 5. The van der Waals surface area contributed by atoms with Gasteiger partial charge in [0, 0.05) is 32.7 Å². The zero-order valence-electron chi connectivity index (χ0n) is 11.9. The quantitative estimate of drug-likeness (QED) is 0.851. The van der Waals surface area contributed by atoms with Gasteiger partial charge in [-0.25, -0.2) is 13.2 Å². The Morgan fingerprint density at radius 1 is 1.38 bits per heavy atom. The third-order valence-corrected chi connectivity index (χ3v) is 5.82. The molecule has 21 heavy (non-hydrogen) atoms. The van der Waals surface area contributed by atoms with E-state index in [-0.39, 0.29) is 10.9 Å². The molecule has 0 aliphatic carbocycles. The third kappa shape index (κ3) is 2.29. The fourth-order valence-electron chi connectivity index (χ4n) is 2.58. The van der Waals surface area contributed by atoms with Gasteiger partial charge in [0.15, 0.2) is 5.58 Å². The largest absolute Gasteiger partial charge is 0.419 e. The van der Waals surface area contributed by atoms with Crippen molar-refractivity contribution in [3.05, 3.63) is 28.7 Å². The Morgan fingerprint density at radius 2 is 2.14 bits per heavy atom. The highest BCUT2D eigenvalue weighted by atomic mass is 32.2. The second kappa shape index (κ2) is 4.97. The molecule has 0 bridgehead atoms. The molecule has 0 unspecified atom stereocenters. The smallest absolute Gasteiger partial charge is 0.408 e. The molecule has 3 rings (SSSR count). The van der Waals surface area contributed by atoms with Gasteiger partial charge in [-0.05, 0) is 25.1 Å². The molecule has 1 saturated heterocycles. The van der Waals surface area contributed by atoms with Crippen molar-refractivity contribution in [3.8, 4) is 0 Å². The molecule has 2 aromatic rings. The van der Waals surface area contributed by atoms with Gasteiger partial charge in [0.1, 0.15) is 0 Å². The number of oxazole rings is 1. The van der Waals surface area contributed by atoms with Crippen LogP contribution in [-0.2, 0) is 17.1 Å². The van der Waals surface area contributed by atoms with Gasteiger partial charge in [0.05, 0.1) is 10.4 Å². The van der Waals surface area contributed by atoms with Crippen molar-refractivity contribution in [3.63, 3.8) is 0 Å². The Balaban J connectivity index is 2.10. The average molecular weight is 311 g/mol. The number of benzene rings is 1. The van der Waals surface area contributed by atoms with Gasteiger partial charge in [-0.3, -0.25) is 4.57 Å². The Kier molecular flexibility index (Phi) is 3.39. The third-order valence-electron chi connectivity index (χ3n) is 3.81. The summed E-state index contributed by atoms with van der Waals surface area (Å²) in [4.78, 5) is 11.7. The first-order chi connectivity index (χ1) is 9.91. The molecule has 1 atom stereocenters. The zero-order chi connectivity index (χ0) is 15.2. The first-order valence-corrected chi connectivity index (χ1v) is 8.17. The number of aromatic nitrogens is 1. The van der Waals surface area contributed by atoms with E-state index in [1.54, 1.807) is 7.05 Å². The molecule has 0 radical (unpaired) electrons. The predicted octanol–water partition coefficient (Wildman–Crippen LogP) is 0.114. The second-order valence-electron chi connectivity index (χ2n) is 5.23. The molecule has 8 heteroatoms. The molecule has 1 aromatic carbocycles. The van der Waals surface area contributed by atoms with Crippen LogP contribution in [0.5, 0.6) is 0 Å². The molecule has 2 heterocycles. The van der Waals surface area contributed by atoms with E-state index in [9.17, 15) is 13.2 Å². The molecule has 1 aromatic heterocycles. The van der Waals surface area contributed by atoms with Crippen LogP contribution in [0, 0.1) is 0 Å². The van der Waals surface area contributed by atoms with Crippen LogP contribution in [0.3, 0.4) is 0 Å². The second-order valence-corrected chi connectivity index (χ2v) is 7.12. The van der Waals surface area contributed by atoms with Crippen molar-refractivity contribution < 1.29 is 12.8 Å².